The van der Waals surface area contributed by atoms with Crippen LogP contribution < -0.4 is 5.32 Å². The van der Waals surface area contributed by atoms with E-state index in [1.54, 1.807) is 11.8 Å². The Bertz CT molecular complexity index is 452. The topological polar surface area (TPSA) is 32.3 Å². The Morgan fingerprint density at radius 1 is 1.26 bits per heavy atom. The maximum absolute atomic E-state index is 12.3. The van der Waals surface area contributed by atoms with Gasteiger partial charge in [0.05, 0.1) is 0 Å². The minimum atomic E-state index is 0.0754. The first kappa shape index (κ1) is 13.0. The lowest BCUT2D eigenvalue weighted by molar-refractivity contribution is 0.0620. The van der Waals surface area contributed by atoms with Crippen molar-refractivity contribution in [1.29, 1.82) is 0 Å². The molecular weight excluding hydrogens is 255 g/mol. The van der Waals surface area contributed by atoms with E-state index in [9.17, 15) is 4.79 Å². The number of amides is 1. The molecule has 0 radical (unpaired) electrons. The summed E-state index contributed by atoms with van der Waals surface area (Å²) in [5, 5.41) is 3.22. The molecule has 0 aliphatic carbocycles. The molecular formula is C15H20N2OS. The molecule has 0 unspecified atom stereocenters. The first-order valence-electron chi connectivity index (χ1n) is 6.93. The van der Waals surface area contributed by atoms with E-state index in [-0.39, 0.29) is 5.91 Å². The molecule has 1 atom stereocenters. The van der Waals surface area contributed by atoms with Crippen LogP contribution in [-0.4, -0.2) is 42.7 Å². The van der Waals surface area contributed by atoms with Crippen LogP contribution in [-0.2, 0) is 0 Å². The van der Waals surface area contributed by atoms with Crippen molar-refractivity contribution >= 4 is 17.7 Å². The summed E-state index contributed by atoms with van der Waals surface area (Å²) in [5.41, 5.74) is 0.772. The van der Waals surface area contributed by atoms with Crippen molar-refractivity contribution in [2.75, 3.05) is 25.9 Å². The fraction of sp³-hybridized carbons (Fsp3) is 0.533. The van der Waals surface area contributed by atoms with Gasteiger partial charge in [-0.1, -0.05) is 0 Å². The number of carbonyl (C=O) groups is 1. The van der Waals surface area contributed by atoms with Crippen molar-refractivity contribution in [2.24, 2.45) is 5.92 Å². The van der Waals surface area contributed by atoms with Crippen LogP contribution in [0.15, 0.2) is 29.2 Å². The molecule has 3 nitrogen and oxygen atoms in total. The highest BCUT2D eigenvalue weighted by Crippen LogP contribution is 2.27. The number of benzene rings is 1. The van der Waals surface area contributed by atoms with Crippen molar-refractivity contribution < 1.29 is 4.79 Å². The molecule has 19 heavy (non-hydrogen) atoms. The van der Waals surface area contributed by atoms with Crippen molar-refractivity contribution in [3.63, 3.8) is 0 Å². The molecule has 0 spiro atoms. The van der Waals surface area contributed by atoms with Crippen LogP contribution in [0, 0.1) is 5.92 Å². The van der Waals surface area contributed by atoms with E-state index in [0.29, 0.717) is 12.0 Å². The quantitative estimate of drug-likeness (QED) is 0.859. The lowest BCUT2D eigenvalue weighted by Gasteiger charge is -2.44. The van der Waals surface area contributed by atoms with Crippen LogP contribution in [0.2, 0.25) is 0 Å². The van der Waals surface area contributed by atoms with Gasteiger partial charge in [0.15, 0.2) is 0 Å². The second-order valence-corrected chi connectivity index (χ2v) is 6.33. The number of nitrogens with one attached hydrogen (secondary N) is 1. The minimum Gasteiger partial charge on any atom is -0.348 e. The van der Waals surface area contributed by atoms with E-state index < -0.39 is 0 Å². The van der Waals surface area contributed by atoms with Crippen LogP contribution in [0.3, 0.4) is 0 Å². The summed E-state index contributed by atoms with van der Waals surface area (Å²) < 4.78 is 0. The number of carbonyl (C=O) groups excluding carboxylic acids is 1. The summed E-state index contributed by atoms with van der Waals surface area (Å²) in [6, 6.07) is 8.20. The van der Waals surface area contributed by atoms with Crippen molar-refractivity contribution in [3.05, 3.63) is 29.8 Å². The Kier molecular flexibility index (Phi) is 3.80. The van der Waals surface area contributed by atoms with Gasteiger partial charge in [0.25, 0.3) is 5.91 Å². The molecule has 2 bridgehead atoms. The third-order valence-electron chi connectivity index (χ3n) is 4.32. The van der Waals surface area contributed by atoms with E-state index >= 15 is 0 Å². The van der Waals surface area contributed by atoms with Gasteiger partial charge in [-0.3, -0.25) is 4.79 Å². The minimum absolute atomic E-state index is 0.0754. The summed E-state index contributed by atoms with van der Waals surface area (Å²) in [5.74, 6) is 0.755. The third kappa shape index (κ3) is 2.79. The number of rotatable bonds is 3. The monoisotopic (exact) mass is 275 g/mol. The van der Waals surface area contributed by atoms with Crippen LogP contribution >= 0.6 is 11.8 Å². The maximum Gasteiger partial charge on any atom is 0.251 e. The molecule has 4 heteroatoms. The number of piperidine rings is 3. The average molecular weight is 275 g/mol. The lowest BCUT2D eigenvalue weighted by Crippen LogP contribution is -2.57. The highest BCUT2D eigenvalue weighted by atomic mass is 32.2. The van der Waals surface area contributed by atoms with Gasteiger partial charge < -0.3 is 10.2 Å². The molecule has 3 aliphatic rings. The van der Waals surface area contributed by atoms with E-state index in [1.807, 2.05) is 30.5 Å². The van der Waals surface area contributed by atoms with Gasteiger partial charge >= 0.3 is 0 Å². The van der Waals surface area contributed by atoms with Gasteiger partial charge in [0.1, 0.15) is 0 Å². The first-order chi connectivity index (χ1) is 9.26. The van der Waals surface area contributed by atoms with Crippen LogP contribution in [0.1, 0.15) is 23.2 Å². The van der Waals surface area contributed by atoms with Crippen LogP contribution in [0.25, 0.3) is 0 Å². The van der Waals surface area contributed by atoms with Gasteiger partial charge in [-0.2, -0.15) is 0 Å². The number of hydrogen-bond acceptors (Lipinski definition) is 3. The maximum atomic E-state index is 12.3. The number of fused-ring (bicyclic) bond motifs is 3. The Morgan fingerprint density at radius 3 is 2.47 bits per heavy atom. The third-order valence-corrected chi connectivity index (χ3v) is 5.07. The Hall–Kier alpha value is -1.00. The predicted molar refractivity (Wildman–Crippen MR) is 78.6 cm³/mol. The molecule has 102 valence electrons. The summed E-state index contributed by atoms with van der Waals surface area (Å²) >= 11 is 1.70. The second kappa shape index (κ2) is 5.55. The van der Waals surface area contributed by atoms with Gasteiger partial charge in [-0.05, 0) is 62.4 Å². The van der Waals surface area contributed by atoms with E-state index in [1.165, 1.54) is 30.8 Å². The molecule has 3 fully saturated rings. The fourth-order valence-electron chi connectivity index (χ4n) is 3.12. The highest BCUT2D eigenvalue weighted by molar-refractivity contribution is 7.98. The predicted octanol–water partition coefficient (Wildman–Crippen LogP) is 2.23. The molecule has 4 rings (SSSR count). The number of hydrogen-bond donors (Lipinski definition) is 1. The zero-order chi connectivity index (χ0) is 13.2. The summed E-state index contributed by atoms with van der Waals surface area (Å²) in [7, 11) is 0. The molecule has 0 aromatic heterocycles. The van der Waals surface area contributed by atoms with Gasteiger partial charge in [-0.25, -0.2) is 0 Å². The summed E-state index contributed by atoms with van der Waals surface area (Å²) in [4.78, 5) is 15.9. The number of thioether (sulfide) groups is 1. The molecule has 1 aromatic rings. The Balaban J connectivity index is 1.64. The van der Waals surface area contributed by atoms with Gasteiger partial charge in [0.2, 0.25) is 0 Å². The van der Waals surface area contributed by atoms with Gasteiger partial charge in [0, 0.05) is 23.0 Å². The zero-order valence-electron chi connectivity index (χ0n) is 11.3. The first-order valence-corrected chi connectivity index (χ1v) is 8.16. The van der Waals surface area contributed by atoms with Crippen molar-refractivity contribution in [3.8, 4) is 0 Å². The molecule has 1 aromatic carbocycles. The van der Waals surface area contributed by atoms with Crippen LogP contribution in [0.4, 0.5) is 0 Å². The molecule has 1 N–H and O–H groups in total. The molecule has 3 aliphatic heterocycles. The van der Waals surface area contributed by atoms with Crippen molar-refractivity contribution in [2.45, 2.75) is 23.8 Å². The van der Waals surface area contributed by atoms with Crippen molar-refractivity contribution in [1.82, 2.24) is 10.2 Å². The van der Waals surface area contributed by atoms with E-state index in [2.05, 4.69) is 10.2 Å². The SMILES string of the molecule is [11CH3]Sc1ccc(C(=O)N[C@H]2CN3CCC2CC3)cc1. The molecule has 3 heterocycles. The standard InChI is InChI=1S/C15H20N2OS/c1-19-13-4-2-12(3-5-13)15(18)16-14-10-17-8-6-11(14)7-9-17/h2-5,11,14H,6-10H2,1H3,(H,16,18)/t14-/m0/s1/i1-1. The highest BCUT2D eigenvalue weighted by Gasteiger charge is 2.34. The van der Waals surface area contributed by atoms with E-state index in [4.69, 9.17) is 0 Å². The fourth-order valence-corrected chi connectivity index (χ4v) is 3.53. The average Bonchev–Trinajstić information content (AvgIpc) is 2.48. The van der Waals surface area contributed by atoms with Gasteiger partial charge in [-0.15, -0.1) is 11.8 Å². The lowest BCUT2D eigenvalue weighted by atomic mass is 9.84. The number of nitrogens with zero attached hydrogens (tertiary/aromatic N) is 1. The second-order valence-electron chi connectivity index (χ2n) is 5.45. The van der Waals surface area contributed by atoms with Crippen LogP contribution in [0.5, 0.6) is 0 Å². The molecule has 0 saturated carbocycles. The molecule has 1 amide bonds. The Morgan fingerprint density at radius 2 is 1.95 bits per heavy atom. The summed E-state index contributed by atoms with van der Waals surface area (Å²) in [6.07, 6.45) is 4.51. The smallest absolute Gasteiger partial charge is 0.251 e. The van der Waals surface area contributed by atoms with E-state index in [0.717, 1.165) is 12.1 Å². The normalized spacial score (nSPS) is 29.2. The zero-order valence-corrected chi connectivity index (χ0v) is 12.1. The summed E-state index contributed by atoms with van der Waals surface area (Å²) in [6.45, 7) is 3.44. The Labute approximate surface area is 118 Å². The largest absolute Gasteiger partial charge is 0.348 e. The molecule has 3 saturated heterocycles.